The van der Waals surface area contributed by atoms with Crippen molar-refractivity contribution in [1.82, 2.24) is 5.32 Å². The van der Waals surface area contributed by atoms with E-state index >= 15 is 0 Å². The summed E-state index contributed by atoms with van der Waals surface area (Å²) in [6, 6.07) is 5.83. The molecular formula is C11H14INO2. The van der Waals surface area contributed by atoms with Crippen molar-refractivity contribution in [3.05, 3.63) is 32.9 Å². The van der Waals surface area contributed by atoms with Crippen molar-refractivity contribution in [3.8, 4) is 0 Å². The highest BCUT2D eigenvalue weighted by Crippen LogP contribution is 2.14. The number of rotatable bonds is 4. The number of carboxylic acid groups (broad SMARTS) is 1. The molecule has 0 bridgehead atoms. The fourth-order valence-corrected chi connectivity index (χ4v) is 1.71. The molecule has 0 atom stereocenters. The summed E-state index contributed by atoms with van der Waals surface area (Å²) in [6.07, 6.45) is 0. The zero-order valence-corrected chi connectivity index (χ0v) is 10.9. The summed E-state index contributed by atoms with van der Waals surface area (Å²) in [5.74, 6) is -0.867. The third-order valence-electron chi connectivity index (χ3n) is 2.00. The summed E-state index contributed by atoms with van der Waals surface area (Å²) in [4.78, 5) is 11.0. The van der Waals surface area contributed by atoms with E-state index in [2.05, 4.69) is 27.9 Å². The summed E-state index contributed by atoms with van der Waals surface area (Å²) in [6.45, 7) is 4.66. The Hall–Kier alpha value is -0.620. The molecule has 1 aromatic carbocycles. The van der Waals surface area contributed by atoms with Crippen LogP contribution in [0.15, 0.2) is 18.2 Å². The smallest absolute Gasteiger partial charge is 0.336 e. The Bertz CT molecular complexity index is 364. The standard InChI is InChI=1S/C11H14INO2/c1-7(2)13-6-8-3-4-9(12)5-10(8)11(14)15/h3-5,7,13H,6H2,1-2H3,(H,14,15). The lowest BCUT2D eigenvalue weighted by atomic mass is 10.1. The van der Waals surface area contributed by atoms with Gasteiger partial charge in [0.15, 0.2) is 0 Å². The van der Waals surface area contributed by atoms with Gasteiger partial charge in [0.25, 0.3) is 0 Å². The number of carbonyl (C=O) groups is 1. The average molecular weight is 319 g/mol. The Morgan fingerprint density at radius 1 is 1.53 bits per heavy atom. The first-order chi connectivity index (χ1) is 7.00. The van der Waals surface area contributed by atoms with Crippen LogP contribution in [0.3, 0.4) is 0 Å². The molecular weight excluding hydrogens is 305 g/mol. The molecule has 0 spiro atoms. The van der Waals surface area contributed by atoms with Crippen molar-refractivity contribution in [2.75, 3.05) is 0 Å². The number of carboxylic acids is 1. The molecule has 0 saturated carbocycles. The summed E-state index contributed by atoms with van der Waals surface area (Å²) in [5.41, 5.74) is 1.21. The van der Waals surface area contributed by atoms with Gasteiger partial charge in [0.1, 0.15) is 0 Å². The van der Waals surface area contributed by atoms with Gasteiger partial charge in [-0.05, 0) is 40.3 Å². The zero-order chi connectivity index (χ0) is 11.4. The minimum Gasteiger partial charge on any atom is -0.478 e. The summed E-state index contributed by atoms with van der Waals surface area (Å²) >= 11 is 2.11. The van der Waals surface area contributed by atoms with Gasteiger partial charge in [0.2, 0.25) is 0 Å². The van der Waals surface area contributed by atoms with E-state index in [4.69, 9.17) is 5.11 Å². The predicted molar refractivity (Wildman–Crippen MR) is 68.1 cm³/mol. The van der Waals surface area contributed by atoms with Crippen LogP contribution in [0.4, 0.5) is 0 Å². The maximum atomic E-state index is 11.0. The molecule has 15 heavy (non-hydrogen) atoms. The molecule has 1 aromatic rings. The Kier molecular flexibility index (Phi) is 4.53. The molecule has 0 amide bonds. The molecule has 0 aliphatic rings. The molecule has 82 valence electrons. The van der Waals surface area contributed by atoms with Crippen LogP contribution in [0, 0.1) is 3.57 Å². The van der Waals surface area contributed by atoms with Gasteiger partial charge in [-0.25, -0.2) is 4.79 Å². The van der Waals surface area contributed by atoms with Crippen LogP contribution < -0.4 is 5.32 Å². The highest BCUT2D eigenvalue weighted by molar-refractivity contribution is 14.1. The van der Waals surface area contributed by atoms with Crippen molar-refractivity contribution < 1.29 is 9.90 Å². The lowest BCUT2D eigenvalue weighted by Crippen LogP contribution is -2.23. The summed E-state index contributed by atoms with van der Waals surface area (Å²) in [7, 11) is 0. The number of benzene rings is 1. The third kappa shape index (κ3) is 3.79. The Labute approximate surface area is 103 Å². The number of aromatic carboxylic acids is 1. The van der Waals surface area contributed by atoms with E-state index in [-0.39, 0.29) is 0 Å². The highest BCUT2D eigenvalue weighted by atomic mass is 127. The Morgan fingerprint density at radius 2 is 2.20 bits per heavy atom. The molecule has 0 aromatic heterocycles. The molecule has 2 N–H and O–H groups in total. The first kappa shape index (κ1) is 12.4. The second-order valence-electron chi connectivity index (χ2n) is 3.64. The molecule has 0 aliphatic carbocycles. The van der Waals surface area contributed by atoms with E-state index < -0.39 is 5.97 Å². The van der Waals surface area contributed by atoms with E-state index in [0.29, 0.717) is 18.2 Å². The van der Waals surface area contributed by atoms with Gasteiger partial charge in [-0.15, -0.1) is 0 Å². The molecule has 0 aliphatic heterocycles. The molecule has 4 heteroatoms. The predicted octanol–water partition coefficient (Wildman–Crippen LogP) is 2.49. The van der Waals surface area contributed by atoms with Gasteiger partial charge in [-0.2, -0.15) is 0 Å². The summed E-state index contributed by atoms with van der Waals surface area (Å²) < 4.78 is 0.943. The molecule has 3 nitrogen and oxygen atoms in total. The lowest BCUT2D eigenvalue weighted by Gasteiger charge is -2.10. The van der Waals surface area contributed by atoms with E-state index in [1.54, 1.807) is 6.07 Å². The van der Waals surface area contributed by atoms with E-state index in [9.17, 15) is 4.79 Å². The van der Waals surface area contributed by atoms with Crippen molar-refractivity contribution >= 4 is 28.6 Å². The number of hydrogen-bond acceptors (Lipinski definition) is 2. The van der Waals surface area contributed by atoms with Gasteiger partial charge >= 0.3 is 5.97 Å². The van der Waals surface area contributed by atoms with Crippen LogP contribution in [0.5, 0.6) is 0 Å². The number of halogens is 1. The Morgan fingerprint density at radius 3 is 2.73 bits per heavy atom. The molecule has 0 radical (unpaired) electrons. The van der Waals surface area contributed by atoms with E-state index in [1.807, 2.05) is 26.0 Å². The van der Waals surface area contributed by atoms with Gasteiger partial charge < -0.3 is 10.4 Å². The van der Waals surface area contributed by atoms with Gasteiger partial charge in [0.05, 0.1) is 5.56 Å². The third-order valence-corrected chi connectivity index (χ3v) is 2.67. The van der Waals surface area contributed by atoms with Crippen LogP contribution in [0.1, 0.15) is 29.8 Å². The number of nitrogens with one attached hydrogen (secondary N) is 1. The molecule has 0 fully saturated rings. The van der Waals surface area contributed by atoms with Crippen molar-refractivity contribution in [2.24, 2.45) is 0 Å². The maximum absolute atomic E-state index is 11.0. The fourth-order valence-electron chi connectivity index (χ4n) is 1.22. The van der Waals surface area contributed by atoms with Gasteiger partial charge in [-0.1, -0.05) is 19.9 Å². The topological polar surface area (TPSA) is 49.3 Å². The van der Waals surface area contributed by atoms with Crippen molar-refractivity contribution in [2.45, 2.75) is 26.4 Å². The molecule has 1 rings (SSSR count). The molecule has 0 saturated heterocycles. The van der Waals surface area contributed by atoms with Crippen molar-refractivity contribution in [1.29, 1.82) is 0 Å². The van der Waals surface area contributed by atoms with Crippen LogP contribution in [-0.2, 0) is 6.54 Å². The van der Waals surface area contributed by atoms with Gasteiger partial charge in [-0.3, -0.25) is 0 Å². The molecule has 0 heterocycles. The first-order valence-electron chi connectivity index (χ1n) is 4.76. The second-order valence-corrected chi connectivity index (χ2v) is 4.89. The lowest BCUT2D eigenvalue weighted by molar-refractivity contribution is 0.0695. The van der Waals surface area contributed by atoms with Gasteiger partial charge in [0, 0.05) is 16.2 Å². The molecule has 0 unspecified atom stereocenters. The second kappa shape index (κ2) is 5.46. The van der Waals surface area contributed by atoms with Crippen LogP contribution in [0.2, 0.25) is 0 Å². The minimum atomic E-state index is -0.867. The van der Waals surface area contributed by atoms with Crippen LogP contribution >= 0.6 is 22.6 Å². The monoisotopic (exact) mass is 319 g/mol. The SMILES string of the molecule is CC(C)NCc1ccc(I)cc1C(=O)O. The maximum Gasteiger partial charge on any atom is 0.336 e. The fraction of sp³-hybridized carbons (Fsp3) is 0.364. The average Bonchev–Trinajstić information content (AvgIpc) is 2.15. The number of hydrogen-bond donors (Lipinski definition) is 2. The van der Waals surface area contributed by atoms with Crippen molar-refractivity contribution in [3.63, 3.8) is 0 Å². The highest BCUT2D eigenvalue weighted by Gasteiger charge is 2.10. The van der Waals surface area contributed by atoms with E-state index in [0.717, 1.165) is 9.13 Å². The zero-order valence-electron chi connectivity index (χ0n) is 8.75. The summed E-state index contributed by atoms with van der Waals surface area (Å²) in [5, 5.41) is 12.2. The Balaban J connectivity index is 2.91. The first-order valence-corrected chi connectivity index (χ1v) is 5.83. The largest absolute Gasteiger partial charge is 0.478 e. The van der Waals surface area contributed by atoms with Crippen LogP contribution in [0.25, 0.3) is 0 Å². The minimum absolute atomic E-state index is 0.353. The van der Waals surface area contributed by atoms with E-state index in [1.165, 1.54) is 0 Å². The van der Waals surface area contributed by atoms with Crippen LogP contribution in [-0.4, -0.2) is 17.1 Å². The quantitative estimate of drug-likeness (QED) is 0.839. The normalized spacial score (nSPS) is 10.7.